The molecule has 0 spiro atoms. The maximum atomic E-state index is 11.7. The lowest BCUT2D eigenvalue weighted by molar-refractivity contribution is -0.144. The van der Waals surface area contributed by atoms with Gasteiger partial charge in [0, 0.05) is 11.3 Å². The molecule has 1 heterocycles. The Labute approximate surface area is 123 Å². The second-order valence-corrected chi connectivity index (χ2v) is 5.96. The van der Waals surface area contributed by atoms with Crippen molar-refractivity contribution in [1.82, 2.24) is 4.98 Å². The Kier molecular flexibility index (Phi) is 4.16. The number of nitrogens with one attached hydrogen (secondary N) is 1. The van der Waals surface area contributed by atoms with E-state index in [-0.39, 0.29) is 0 Å². The van der Waals surface area contributed by atoms with Crippen LogP contribution in [-0.4, -0.2) is 27.5 Å². The molecule has 21 heavy (non-hydrogen) atoms. The van der Waals surface area contributed by atoms with Crippen molar-refractivity contribution in [2.24, 2.45) is 11.7 Å². The number of carboxylic acids is 1. The van der Waals surface area contributed by atoms with Gasteiger partial charge in [-0.25, -0.2) is 9.78 Å². The van der Waals surface area contributed by atoms with E-state index in [0.29, 0.717) is 35.8 Å². The number of amides is 1. The number of hydrogen-bond donors (Lipinski definition) is 3. The topological polar surface area (TPSA) is 105 Å². The molecule has 2 unspecified atom stereocenters. The molecule has 2 atom stereocenters. The van der Waals surface area contributed by atoms with Crippen molar-refractivity contribution in [3.63, 3.8) is 0 Å². The molecule has 0 bridgehead atoms. The van der Waals surface area contributed by atoms with Crippen LogP contribution >= 0.6 is 0 Å². The van der Waals surface area contributed by atoms with E-state index in [1.807, 2.05) is 0 Å². The SMILES string of the molecule is Cc1cc(C(N)=O)cc(NC2(C(=O)O)CCCC(C)C2)n1. The average Bonchev–Trinajstić information content (AvgIpc) is 2.37. The van der Waals surface area contributed by atoms with Gasteiger partial charge in [0.15, 0.2) is 0 Å². The van der Waals surface area contributed by atoms with E-state index >= 15 is 0 Å². The molecule has 0 radical (unpaired) electrons. The predicted molar refractivity (Wildman–Crippen MR) is 79.1 cm³/mol. The van der Waals surface area contributed by atoms with Gasteiger partial charge in [-0.15, -0.1) is 0 Å². The summed E-state index contributed by atoms with van der Waals surface area (Å²) in [7, 11) is 0. The van der Waals surface area contributed by atoms with Crippen LogP contribution in [0.4, 0.5) is 5.82 Å². The molecule has 1 aromatic rings. The molecular formula is C15H21N3O3. The van der Waals surface area contributed by atoms with Gasteiger partial charge in [-0.2, -0.15) is 0 Å². The van der Waals surface area contributed by atoms with Crippen molar-refractivity contribution >= 4 is 17.7 Å². The average molecular weight is 291 g/mol. The molecule has 1 fully saturated rings. The molecule has 0 aliphatic heterocycles. The molecule has 6 nitrogen and oxygen atoms in total. The van der Waals surface area contributed by atoms with Gasteiger partial charge in [0.05, 0.1) is 0 Å². The molecule has 1 aliphatic carbocycles. The fourth-order valence-corrected chi connectivity index (χ4v) is 3.03. The number of pyridine rings is 1. The molecule has 1 aromatic heterocycles. The molecular weight excluding hydrogens is 270 g/mol. The largest absolute Gasteiger partial charge is 0.480 e. The normalized spacial score (nSPS) is 25.3. The van der Waals surface area contributed by atoms with E-state index in [4.69, 9.17) is 5.73 Å². The first-order valence-corrected chi connectivity index (χ1v) is 7.12. The Morgan fingerprint density at radius 2 is 2.19 bits per heavy atom. The van der Waals surface area contributed by atoms with E-state index < -0.39 is 17.4 Å². The summed E-state index contributed by atoms with van der Waals surface area (Å²) in [5.74, 6) is -0.703. The lowest BCUT2D eigenvalue weighted by Gasteiger charge is -2.37. The number of nitrogens with zero attached hydrogens (tertiary/aromatic N) is 1. The number of primary amides is 1. The van der Waals surface area contributed by atoms with Crippen molar-refractivity contribution < 1.29 is 14.7 Å². The molecule has 2 rings (SSSR count). The lowest BCUT2D eigenvalue weighted by atomic mass is 9.76. The van der Waals surface area contributed by atoms with Crippen LogP contribution in [0.15, 0.2) is 12.1 Å². The highest BCUT2D eigenvalue weighted by atomic mass is 16.4. The third kappa shape index (κ3) is 3.32. The van der Waals surface area contributed by atoms with Gasteiger partial charge in [-0.05, 0) is 37.8 Å². The summed E-state index contributed by atoms with van der Waals surface area (Å²) < 4.78 is 0. The van der Waals surface area contributed by atoms with Crippen LogP contribution in [0.5, 0.6) is 0 Å². The number of anilines is 1. The Hall–Kier alpha value is -2.11. The van der Waals surface area contributed by atoms with Crippen LogP contribution in [0.25, 0.3) is 0 Å². The summed E-state index contributed by atoms with van der Waals surface area (Å²) in [6.07, 6.45) is 2.98. The zero-order chi connectivity index (χ0) is 15.6. The molecule has 1 amide bonds. The Morgan fingerprint density at radius 1 is 1.48 bits per heavy atom. The highest BCUT2D eigenvalue weighted by Crippen LogP contribution is 2.35. The number of rotatable bonds is 4. The monoisotopic (exact) mass is 291 g/mol. The molecule has 114 valence electrons. The van der Waals surface area contributed by atoms with Crippen LogP contribution in [0.3, 0.4) is 0 Å². The molecule has 4 N–H and O–H groups in total. The van der Waals surface area contributed by atoms with E-state index in [9.17, 15) is 14.7 Å². The fraction of sp³-hybridized carbons (Fsp3) is 0.533. The standard InChI is InChI=1S/C15H21N3O3/c1-9-4-3-5-15(8-9,14(20)21)18-12-7-11(13(16)19)6-10(2)17-12/h6-7,9H,3-5,8H2,1-2H3,(H2,16,19)(H,17,18)(H,20,21). The summed E-state index contributed by atoms with van der Waals surface area (Å²) in [5.41, 5.74) is 5.22. The summed E-state index contributed by atoms with van der Waals surface area (Å²) in [6.45, 7) is 3.80. The third-order valence-corrected chi connectivity index (χ3v) is 4.01. The van der Waals surface area contributed by atoms with Gasteiger partial charge in [0.25, 0.3) is 0 Å². The molecule has 1 saturated carbocycles. The van der Waals surface area contributed by atoms with Gasteiger partial charge >= 0.3 is 5.97 Å². The Balaban J connectivity index is 2.33. The third-order valence-electron chi connectivity index (χ3n) is 4.01. The summed E-state index contributed by atoms with van der Waals surface area (Å²) in [5, 5.41) is 12.7. The van der Waals surface area contributed by atoms with Crippen LogP contribution in [0.1, 0.15) is 48.7 Å². The fourth-order valence-electron chi connectivity index (χ4n) is 3.03. The van der Waals surface area contributed by atoms with Crippen molar-refractivity contribution in [1.29, 1.82) is 0 Å². The summed E-state index contributed by atoms with van der Waals surface area (Å²) >= 11 is 0. The molecule has 1 aliphatic rings. The second-order valence-electron chi connectivity index (χ2n) is 5.96. The van der Waals surface area contributed by atoms with E-state index in [1.54, 1.807) is 13.0 Å². The zero-order valence-electron chi connectivity index (χ0n) is 12.3. The first-order valence-electron chi connectivity index (χ1n) is 7.12. The van der Waals surface area contributed by atoms with Gasteiger partial charge in [0.2, 0.25) is 5.91 Å². The summed E-state index contributed by atoms with van der Waals surface area (Å²) in [4.78, 5) is 27.3. The smallest absolute Gasteiger partial charge is 0.329 e. The Bertz CT molecular complexity index is 573. The van der Waals surface area contributed by atoms with Gasteiger partial charge in [-0.3, -0.25) is 4.79 Å². The maximum absolute atomic E-state index is 11.7. The highest BCUT2D eigenvalue weighted by molar-refractivity contribution is 5.94. The molecule has 6 heteroatoms. The predicted octanol–water partition coefficient (Wildman–Crippen LogP) is 1.93. The minimum absolute atomic E-state index is 0.328. The quantitative estimate of drug-likeness (QED) is 0.786. The van der Waals surface area contributed by atoms with Gasteiger partial charge in [-0.1, -0.05) is 19.8 Å². The Morgan fingerprint density at radius 3 is 2.76 bits per heavy atom. The maximum Gasteiger partial charge on any atom is 0.329 e. The molecule has 0 aromatic carbocycles. The van der Waals surface area contributed by atoms with E-state index in [1.165, 1.54) is 6.07 Å². The number of aromatic nitrogens is 1. The highest BCUT2D eigenvalue weighted by Gasteiger charge is 2.42. The number of carbonyl (C=O) groups excluding carboxylic acids is 1. The number of nitrogens with two attached hydrogens (primary N) is 1. The van der Waals surface area contributed by atoms with Crippen LogP contribution in [-0.2, 0) is 4.79 Å². The van der Waals surface area contributed by atoms with Crippen molar-refractivity contribution in [3.05, 3.63) is 23.4 Å². The van der Waals surface area contributed by atoms with E-state index in [0.717, 1.165) is 12.8 Å². The zero-order valence-corrected chi connectivity index (χ0v) is 12.3. The van der Waals surface area contributed by atoms with Gasteiger partial charge < -0.3 is 16.2 Å². The van der Waals surface area contributed by atoms with Crippen molar-refractivity contribution in [2.45, 2.75) is 45.1 Å². The number of aryl methyl sites for hydroxylation is 1. The number of aliphatic carboxylic acids is 1. The first kappa shape index (κ1) is 15.3. The van der Waals surface area contributed by atoms with Crippen molar-refractivity contribution in [2.75, 3.05) is 5.32 Å². The van der Waals surface area contributed by atoms with Gasteiger partial charge in [0.1, 0.15) is 11.4 Å². The second kappa shape index (κ2) is 5.71. The van der Waals surface area contributed by atoms with E-state index in [2.05, 4.69) is 17.2 Å². The lowest BCUT2D eigenvalue weighted by Crippen LogP contribution is -2.49. The molecule has 0 saturated heterocycles. The first-order chi connectivity index (χ1) is 9.82. The number of carbonyl (C=O) groups is 2. The van der Waals surface area contributed by atoms with Crippen molar-refractivity contribution in [3.8, 4) is 0 Å². The van der Waals surface area contributed by atoms with Crippen LogP contribution in [0.2, 0.25) is 0 Å². The van der Waals surface area contributed by atoms with Crippen LogP contribution < -0.4 is 11.1 Å². The summed E-state index contributed by atoms with van der Waals surface area (Å²) in [6, 6.07) is 3.10. The minimum Gasteiger partial charge on any atom is -0.480 e. The number of carboxylic acid groups (broad SMARTS) is 1. The number of hydrogen-bond acceptors (Lipinski definition) is 4. The minimum atomic E-state index is -1.02. The van der Waals surface area contributed by atoms with Crippen LogP contribution in [0, 0.1) is 12.8 Å².